The van der Waals surface area contributed by atoms with Crippen LogP contribution in [-0.4, -0.2) is 22.4 Å². The highest BCUT2D eigenvalue weighted by Gasteiger charge is 2.11. The monoisotopic (exact) mass is 445 g/mol. The van der Waals surface area contributed by atoms with Gasteiger partial charge in [0.15, 0.2) is 0 Å². The summed E-state index contributed by atoms with van der Waals surface area (Å²) in [4.78, 5) is 13.1. The molecule has 4 nitrogen and oxygen atoms in total. The third-order valence-electron chi connectivity index (χ3n) is 4.36. The van der Waals surface area contributed by atoms with Crippen molar-refractivity contribution in [2.75, 3.05) is 5.75 Å². The van der Waals surface area contributed by atoms with Gasteiger partial charge in [-0.15, -0.1) is 11.8 Å². The van der Waals surface area contributed by atoms with Gasteiger partial charge >= 0.3 is 0 Å². The smallest absolute Gasteiger partial charge is 0.250 e. The summed E-state index contributed by atoms with van der Waals surface area (Å²) in [6.07, 6.45) is 1.65. The molecule has 7 heteroatoms. The molecule has 0 aliphatic carbocycles. The number of hydrogen-bond acceptors (Lipinski definition) is 3. The Kier molecular flexibility index (Phi) is 7.06. The summed E-state index contributed by atoms with van der Waals surface area (Å²) in [7, 11) is 0. The summed E-state index contributed by atoms with van der Waals surface area (Å²) >= 11 is 13.8. The van der Waals surface area contributed by atoms with Gasteiger partial charge in [0.2, 0.25) is 5.91 Å². The zero-order chi connectivity index (χ0) is 21.0. The Morgan fingerprint density at radius 3 is 2.38 bits per heavy atom. The van der Waals surface area contributed by atoms with Crippen LogP contribution in [0.15, 0.2) is 58.5 Å². The maximum absolute atomic E-state index is 12.0. The molecule has 0 aliphatic rings. The fraction of sp³-hybridized carbons (Fsp3) is 0.182. The quantitative estimate of drug-likeness (QED) is 0.289. The summed E-state index contributed by atoms with van der Waals surface area (Å²) in [5.74, 6) is 0.155. The van der Waals surface area contributed by atoms with Crippen molar-refractivity contribution in [3.05, 3.63) is 81.1 Å². The van der Waals surface area contributed by atoms with E-state index in [0.29, 0.717) is 15.8 Å². The van der Waals surface area contributed by atoms with Crippen molar-refractivity contribution in [3.63, 3.8) is 0 Å². The van der Waals surface area contributed by atoms with Gasteiger partial charge in [-0.3, -0.25) is 4.79 Å². The number of carbonyl (C=O) groups excluding carboxylic acids is 1. The number of benzene rings is 2. The number of hydrazone groups is 1. The molecule has 3 rings (SSSR count). The summed E-state index contributed by atoms with van der Waals surface area (Å²) in [6.45, 7) is 6.02. The number of nitrogens with one attached hydrogen (secondary N) is 1. The fourth-order valence-corrected chi connectivity index (χ4v) is 4.18. The minimum Gasteiger partial charge on any atom is -0.318 e. The first kappa shape index (κ1) is 21.5. The summed E-state index contributed by atoms with van der Waals surface area (Å²) in [5.41, 5.74) is 7.57. The molecule has 2 aromatic carbocycles. The largest absolute Gasteiger partial charge is 0.318 e. The van der Waals surface area contributed by atoms with E-state index >= 15 is 0 Å². The molecule has 1 heterocycles. The molecular weight excluding hydrogens is 425 g/mol. The molecule has 0 saturated heterocycles. The number of nitrogens with zero attached hydrogens (tertiary/aromatic N) is 2. The van der Waals surface area contributed by atoms with Crippen LogP contribution in [0, 0.1) is 20.8 Å². The van der Waals surface area contributed by atoms with E-state index in [4.69, 9.17) is 23.2 Å². The van der Waals surface area contributed by atoms with Gasteiger partial charge in [0.25, 0.3) is 0 Å². The Labute approximate surface area is 184 Å². The van der Waals surface area contributed by atoms with E-state index in [1.807, 2.05) is 67.8 Å². The standard InChI is InChI=1S/C22H21Cl2N3OS/c1-14-4-6-21(7-5-14)29-13-22(28)26-25-12-17-8-15(2)27(16(17)3)20-10-18(23)9-19(24)11-20/h4-12H,13H2,1-3H3,(H,26,28)/b25-12-. The van der Waals surface area contributed by atoms with Crippen LogP contribution in [0.2, 0.25) is 10.0 Å². The molecule has 1 aromatic heterocycles. The van der Waals surface area contributed by atoms with Gasteiger partial charge in [-0.2, -0.15) is 5.10 Å². The van der Waals surface area contributed by atoms with Gasteiger partial charge in [0.05, 0.1) is 12.0 Å². The first-order chi connectivity index (χ1) is 13.8. The van der Waals surface area contributed by atoms with E-state index in [0.717, 1.165) is 27.5 Å². The molecule has 0 fully saturated rings. The number of rotatable bonds is 6. The molecule has 1 amide bonds. The van der Waals surface area contributed by atoms with Crippen LogP contribution >= 0.6 is 35.0 Å². The van der Waals surface area contributed by atoms with Crippen molar-refractivity contribution in [1.82, 2.24) is 9.99 Å². The Bertz CT molecular complexity index is 1040. The highest BCUT2D eigenvalue weighted by molar-refractivity contribution is 8.00. The lowest BCUT2D eigenvalue weighted by Gasteiger charge is -2.10. The Morgan fingerprint density at radius 1 is 1.07 bits per heavy atom. The lowest BCUT2D eigenvalue weighted by atomic mass is 10.2. The van der Waals surface area contributed by atoms with Gasteiger partial charge in [-0.1, -0.05) is 40.9 Å². The van der Waals surface area contributed by atoms with E-state index < -0.39 is 0 Å². The zero-order valence-corrected chi connectivity index (χ0v) is 18.7. The number of halogens is 2. The van der Waals surface area contributed by atoms with Crippen molar-refractivity contribution in [2.45, 2.75) is 25.7 Å². The SMILES string of the molecule is Cc1ccc(SCC(=O)N/N=C\c2cc(C)n(-c3cc(Cl)cc(Cl)c3)c2C)cc1. The lowest BCUT2D eigenvalue weighted by Crippen LogP contribution is -2.19. The molecule has 29 heavy (non-hydrogen) atoms. The summed E-state index contributed by atoms with van der Waals surface area (Å²) in [5, 5.41) is 5.26. The van der Waals surface area contributed by atoms with Gasteiger partial charge in [0, 0.05) is 37.6 Å². The number of thioether (sulfide) groups is 1. The highest BCUT2D eigenvalue weighted by Crippen LogP contribution is 2.26. The third kappa shape index (κ3) is 5.66. The van der Waals surface area contributed by atoms with E-state index in [-0.39, 0.29) is 5.91 Å². The summed E-state index contributed by atoms with van der Waals surface area (Å²) in [6, 6.07) is 15.5. The summed E-state index contributed by atoms with van der Waals surface area (Å²) < 4.78 is 2.05. The molecule has 0 unspecified atom stereocenters. The van der Waals surface area contributed by atoms with Crippen molar-refractivity contribution in [1.29, 1.82) is 0 Å². The van der Waals surface area contributed by atoms with E-state index in [2.05, 4.69) is 10.5 Å². The zero-order valence-electron chi connectivity index (χ0n) is 16.4. The van der Waals surface area contributed by atoms with Crippen LogP contribution in [0.25, 0.3) is 5.69 Å². The average Bonchev–Trinajstić information content (AvgIpc) is 2.94. The normalized spacial score (nSPS) is 11.2. The maximum atomic E-state index is 12.0. The Balaban J connectivity index is 1.65. The van der Waals surface area contributed by atoms with Crippen LogP contribution in [0.1, 0.15) is 22.5 Å². The molecule has 0 saturated carbocycles. The number of hydrogen-bond donors (Lipinski definition) is 1. The minimum absolute atomic E-state index is 0.151. The molecule has 0 atom stereocenters. The van der Waals surface area contributed by atoms with Crippen molar-refractivity contribution in [3.8, 4) is 5.69 Å². The van der Waals surface area contributed by atoms with E-state index in [9.17, 15) is 4.79 Å². The van der Waals surface area contributed by atoms with Gasteiger partial charge in [0.1, 0.15) is 0 Å². The van der Waals surface area contributed by atoms with Crippen LogP contribution in [0.3, 0.4) is 0 Å². The van der Waals surface area contributed by atoms with Gasteiger partial charge in [-0.25, -0.2) is 5.43 Å². The first-order valence-corrected chi connectivity index (χ1v) is 10.7. The minimum atomic E-state index is -0.151. The highest BCUT2D eigenvalue weighted by atomic mass is 35.5. The second-order valence-electron chi connectivity index (χ2n) is 6.68. The Morgan fingerprint density at radius 2 is 1.72 bits per heavy atom. The van der Waals surface area contributed by atoms with Gasteiger partial charge in [-0.05, 0) is 57.2 Å². The third-order valence-corrected chi connectivity index (χ3v) is 5.81. The molecular formula is C22H21Cl2N3OS. The van der Waals surface area contributed by atoms with Crippen LogP contribution < -0.4 is 5.43 Å². The Hall–Kier alpha value is -2.21. The van der Waals surface area contributed by atoms with Crippen LogP contribution in [-0.2, 0) is 4.79 Å². The maximum Gasteiger partial charge on any atom is 0.250 e. The topological polar surface area (TPSA) is 46.4 Å². The number of amides is 1. The predicted molar refractivity (Wildman–Crippen MR) is 123 cm³/mol. The van der Waals surface area contributed by atoms with E-state index in [1.165, 1.54) is 17.3 Å². The first-order valence-electron chi connectivity index (χ1n) is 9.00. The number of aromatic nitrogens is 1. The number of carbonyl (C=O) groups is 1. The molecule has 0 aliphatic heterocycles. The van der Waals surface area contributed by atoms with Gasteiger partial charge < -0.3 is 4.57 Å². The molecule has 1 N–H and O–H groups in total. The molecule has 3 aromatic rings. The predicted octanol–water partition coefficient (Wildman–Crippen LogP) is 5.95. The molecule has 0 spiro atoms. The molecule has 0 radical (unpaired) electrons. The average molecular weight is 446 g/mol. The van der Waals surface area contributed by atoms with Crippen molar-refractivity contribution >= 4 is 47.1 Å². The number of aryl methyl sites for hydroxylation is 2. The van der Waals surface area contributed by atoms with Crippen LogP contribution in [0.5, 0.6) is 0 Å². The van der Waals surface area contributed by atoms with Crippen molar-refractivity contribution < 1.29 is 4.79 Å². The molecule has 150 valence electrons. The van der Waals surface area contributed by atoms with E-state index in [1.54, 1.807) is 12.3 Å². The fourth-order valence-electron chi connectivity index (χ4n) is 2.97. The van der Waals surface area contributed by atoms with Crippen molar-refractivity contribution in [2.24, 2.45) is 5.10 Å². The second-order valence-corrected chi connectivity index (χ2v) is 8.61. The second kappa shape index (κ2) is 9.53. The van der Waals surface area contributed by atoms with Crippen LogP contribution in [0.4, 0.5) is 0 Å². The molecule has 0 bridgehead atoms. The lowest BCUT2D eigenvalue weighted by molar-refractivity contribution is -0.118.